The van der Waals surface area contributed by atoms with Gasteiger partial charge in [0.2, 0.25) is 0 Å². The predicted octanol–water partition coefficient (Wildman–Crippen LogP) is 3.24. The van der Waals surface area contributed by atoms with Crippen LogP contribution in [-0.2, 0) is 17.8 Å². The SMILES string of the molecule is Cc1cc(O)ccc1C(=O)NCc1ccccc1CN1CC(C)OC(C)C1. The smallest absolute Gasteiger partial charge is 0.251 e. The van der Waals surface area contributed by atoms with E-state index in [2.05, 4.69) is 36.2 Å². The summed E-state index contributed by atoms with van der Waals surface area (Å²) in [5, 5.41) is 12.5. The van der Waals surface area contributed by atoms with Crippen molar-refractivity contribution in [1.29, 1.82) is 0 Å². The van der Waals surface area contributed by atoms with Gasteiger partial charge in [0.05, 0.1) is 12.2 Å². The Balaban J connectivity index is 1.66. The van der Waals surface area contributed by atoms with Gasteiger partial charge < -0.3 is 15.2 Å². The third-order valence-corrected chi connectivity index (χ3v) is 4.90. The Morgan fingerprint density at radius 1 is 1.15 bits per heavy atom. The maximum absolute atomic E-state index is 12.5. The lowest BCUT2D eigenvalue weighted by atomic mass is 10.0. The number of hydrogen-bond donors (Lipinski definition) is 2. The van der Waals surface area contributed by atoms with Gasteiger partial charge in [-0.2, -0.15) is 0 Å². The summed E-state index contributed by atoms with van der Waals surface area (Å²) in [6.45, 7) is 9.19. The summed E-state index contributed by atoms with van der Waals surface area (Å²) in [5.41, 5.74) is 3.69. The number of ether oxygens (including phenoxy) is 1. The number of carbonyl (C=O) groups excluding carboxylic acids is 1. The topological polar surface area (TPSA) is 61.8 Å². The summed E-state index contributed by atoms with van der Waals surface area (Å²) in [4.78, 5) is 14.9. The van der Waals surface area contributed by atoms with Crippen LogP contribution in [0.2, 0.25) is 0 Å². The number of morpholine rings is 1. The van der Waals surface area contributed by atoms with Crippen LogP contribution in [0.15, 0.2) is 42.5 Å². The molecule has 0 spiro atoms. The number of phenolic OH excluding ortho intramolecular Hbond substituents is 1. The van der Waals surface area contributed by atoms with Gasteiger partial charge in [0.15, 0.2) is 0 Å². The lowest BCUT2D eigenvalue weighted by molar-refractivity contribution is -0.0705. The molecule has 0 saturated carbocycles. The molecule has 1 fully saturated rings. The maximum Gasteiger partial charge on any atom is 0.251 e. The molecule has 2 unspecified atom stereocenters. The minimum absolute atomic E-state index is 0.129. The molecule has 1 aliphatic heterocycles. The Hall–Kier alpha value is -2.37. The van der Waals surface area contributed by atoms with Crippen LogP contribution in [0.3, 0.4) is 0 Å². The van der Waals surface area contributed by atoms with E-state index in [-0.39, 0.29) is 23.9 Å². The van der Waals surface area contributed by atoms with E-state index in [1.807, 2.05) is 19.1 Å². The van der Waals surface area contributed by atoms with E-state index >= 15 is 0 Å². The standard InChI is InChI=1S/C22H28N2O3/c1-15-10-20(25)8-9-21(15)22(26)23-11-18-6-4-5-7-19(18)14-24-12-16(2)27-17(3)13-24/h4-10,16-17,25H,11-14H2,1-3H3,(H,23,26). The van der Waals surface area contributed by atoms with Gasteiger partial charge in [-0.3, -0.25) is 9.69 Å². The molecule has 1 saturated heterocycles. The highest BCUT2D eigenvalue weighted by Crippen LogP contribution is 2.18. The molecule has 2 aromatic carbocycles. The molecule has 144 valence electrons. The normalized spacial score (nSPS) is 20.4. The van der Waals surface area contributed by atoms with Crippen LogP contribution in [0, 0.1) is 6.92 Å². The lowest BCUT2D eigenvalue weighted by Gasteiger charge is -2.35. The van der Waals surface area contributed by atoms with Gasteiger partial charge in [-0.25, -0.2) is 0 Å². The summed E-state index contributed by atoms with van der Waals surface area (Å²) in [7, 11) is 0. The summed E-state index contributed by atoms with van der Waals surface area (Å²) in [6.07, 6.45) is 0.469. The van der Waals surface area contributed by atoms with Crippen LogP contribution >= 0.6 is 0 Å². The molecule has 0 radical (unpaired) electrons. The van der Waals surface area contributed by atoms with Crippen molar-refractivity contribution in [2.24, 2.45) is 0 Å². The first-order chi connectivity index (χ1) is 12.9. The number of rotatable bonds is 5. The number of aryl methyl sites for hydroxylation is 1. The zero-order chi connectivity index (χ0) is 19.4. The monoisotopic (exact) mass is 368 g/mol. The molecule has 5 nitrogen and oxygen atoms in total. The number of nitrogens with one attached hydrogen (secondary N) is 1. The van der Waals surface area contributed by atoms with E-state index < -0.39 is 0 Å². The van der Waals surface area contributed by atoms with Crippen molar-refractivity contribution in [2.45, 2.75) is 46.1 Å². The van der Waals surface area contributed by atoms with Crippen LogP contribution in [0.5, 0.6) is 5.75 Å². The van der Waals surface area contributed by atoms with Crippen molar-refractivity contribution in [3.8, 4) is 5.75 Å². The van der Waals surface area contributed by atoms with Crippen molar-refractivity contribution in [2.75, 3.05) is 13.1 Å². The van der Waals surface area contributed by atoms with Crippen molar-refractivity contribution in [3.05, 3.63) is 64.7 Å². The Bertz CT molecular complexity index is 796. The molecule has 27 heavy (non-hydrogen) atoms. The number of aromatic hydroxyl groups is 1. The minimum atomic E-state index is -0.129. The molecule has 1 aliphatic rings. The highest BCUT2D eigenvalue weighted by molar-refractivity contribution is 5.95. The van der Waals surface area contributed by atoms with Gasteiger partial charge in [0.25, 0.3) is 5.91 Å². The Kier molecular flexibility index (Phi) is 6.14. The molecule has 5 heteroatoms. The Morgan fingerprint density at radius 2 is 1.81 bits per heavy atom. The third kappa shape index (κ3) is 5.08. The molecule has 3 rings (SSSR count). The average Bonchev–Trinajstić information content (AvgIpc) is 2.60. The zero-order valence-corrected chi connectivity index (χ0v) is 16.2. The number of carbonyl (C=O) groups is 1. The zero-order valence-electron chi connectivity index (χ0n) is 16.2. The van der Waals surface area contributed by atoms with E-state index in [4.69, 9.17) is 4.74 Å². The number of nitrogens with zero attached hydrogens (tertiary/aromatic N) is 1. The van der Waals surface area contributed by atoms with Crippen molar-refractivity contribution in [3.63, 3.8) is 0 Å². The molecule has 2 aromatic rings. The molecule has 0 aliphatic carbocycles. The summed E-state index contributed by atoms with van der Waals surface area (Å²) >= 11 is 0. The highest BCUT2D eigenvalue weighted by atomic mass is 16.5. The maximum atomic E-state index is 12.5. The lowest BCUT2D eigenvalue weighted by Crippen LogP contribution is -2.45. The van der Waals surface area contributed by atoms with E-state index in [1.165, 1.54) is 11.6 Å². The molecular formula is C22H28N2O3. The number of benzene rings is 2. The number of amides is 1. The van der Waals surface area contributed by atoms with Gasteiger partial charge in [-0.1, -0.05) is 24.3 Å². The van der Waals surface area contributed by atoms with Gasteiger partial charge in [-0.05, 0) is 55.7 Å². The van der Waals surface area contributed by atoms with E-state index in [0.717, 1.165) is 30.8 Å². The van der Waals surface area contributed by atoms with Crippen LogP contribution < -0.4 is 5.32 Å². The fraction of sp³-hybridized carbons (Fsp3) is 0.409. The largest absolute Gasteiger partial charge is 0.508 e. The first-order valence-electron chi connectivity index (χ1n) is 9.45. The summed E-state index contributed by atoms with van der Waals surface area (Å²) < 4.78 is 5.82. The molecule has 2 atom stereocenters. The van der Waals surface area contributed by atoms with Gasteiger partial charge >= 0.3 is 0 Å². The van der Waals surface area contributed by atoms with E-state index in [1.54, 1.807) is 12.1 Å². The second kappa shape index (κ2) is 8.55. The molecule has 2 N–H and O–H groups in total. The fourth-order valence-corrected chi connectivity index (χ4v) is 3.71. The first kappa shape index (κ1) is 19.4. The van der Waals surface area contributed by atoms with E-state index in [0.29, 0.717) is 12.1 Å². The number of hydrogen-bond acceptors (Lipinski definition) is 4. The quantitative estimate of drug-likeness (QED) is 0.851. The summed E-state index contributed by atoms with van der Waals surface area (Å²) in [6, 6.07) is 13.0. The highest BCUT2D eigenvalue weighted by Gasteiger charge is 2.22. The average molecular weight is 368 g/mol. The number of phenols is 1. The van der Waals surface area contributed by atoms with Crippen LogP contribution in [0.4, 0.5) is 0 Å². The molecular weight excluding hydrogens is 340 g/mol. The van der Waals surface area contributed by atoms with Crippen molar-refractivity contribution < 1.29 is 14.6 Å². The van der Waals surface area contributed by atoms with Gasteiger partial charge in [0, 0.05) is 31.7 Å². The fourth-order valence-electron chi connectivity index (χ4n) is 3.71. The van der Waals surface area contributed by atoms with Crippen LogP contribution in [0.25, 0.3) is 0 Å². The second-order valence-corrected chi connectivity index (χ2v) is 7.40. The van der Waals surface area contributed by atoms with Gasteiger partial charge in [-0.15, -0.1) is 0 Å². The van der Waals surface area contributed by atoms with Crippen LogP contribution in [0.1, 0.15) is 40.9 Å². The molecule has 0 bridgehead atoms. The van der Waals surface area contributed by atoms with Gasteiger partial charge in [0.1, 0.15) is 5.75 Å². The summed E-state index contributed by atoms with van der Waals surface area (Å²) in [5.74, 6) is 0.0410. The van der Waals surface area contributed by atoms with Crippen LogP contribution in [-0.4, -0.2) is 41.2 Å². The third-order valence-electron chi connectivity index (χ3n) is 4.90. The predicted molar refractivity (Wildman–Crippen MR) is 106 cm³/mol. The Morgan fingerprint density at radius 3 is 2.48 bits per heavy atom. The van der Waals surface area contributed by atoms with Crippen molar-refractivity contribution >= 4 is 5.91 Å². The molecule has 1 heterocycles. The first-order valence-corrected chi connectivity index (χ1v) is 9.45. The molecule has 1 amide bonds. The minimum Gasteiger partial charge on any atom is -0.508 e. The molecule has 0 aromatic heterocycles. The van der Waals surface area contributed by atoms with Crippen molar-refractivity contribution in [1.82, 2.24) is 10.2 Å². The Labute approximate surface area is 161 Å². The van der Waals surface area contributed by atoms with E-state index in [9.17, 15) is 9.90 Å². The second-order valence-electron chi connectivity index (χ2n) is 7.40.